The summed E-state index contributed by atoms with van der Waals surface area (Å²) in [5.74, 6) is 0.488. The number of aryl methyl sites for hydroxylation is 1. The zero-order valence-corrected chi connectivity index (χ0v) is 18.8. The molecule has 0 saturated carbocycles. The summed E-state index contributed by atoms with van der Waals surface area (Å²) in [4.78, 5) is 15.6. The van der Waals surface area contributed by atoms with E-state index in [2.05, 4.69) is 63.9 Å². The van der Waals surface area contributed by atoms with Crippen molar-refractivity contribution in [3.8, 4) is 0 Å². The minimum atomic E-state index is 0.0839. The number of unbranched alkanes of at least 4 members (excludes halogenated alkanes) is 2. The summed E-state index contributed by atoms with van der Waals surface area (Å²) in [5.41, 5.74) is 2.12. The average molecular weight is 458 g/mol. The van der Waals surface area contributed by atoms with E-state index in [0.717, 1.165) is 21.6 Å². The van der Waals surface area contributed by atoms with Crippen LogP contribution >= 0.6 is 27.7 Å². The molecule has 0 aliphatic heterocycles. The van der Waals surface area contributed by atoms with Gasteiger partial charge in [0.15, 0.2) is 6.20 Å². The molecule has 28 heavy (non-hydrogen) atoms. The second-order valence-electron chi connectivity index (χ2n) is 6.79. The van der Waals surface area contributed by atoms with E-state index in [1.807, 2.05) is 31.3 Å². The molecule has 1 aromatic heterocycles. The maximum Gasteiger partial charge on any atom is 0.237 e. The number of nitrogens with zero attached hydrogens (tertiary/aromatic N) is 2. The van der Waals surface area contributed by atoms with Crippen LogP contribution in [0.5, 0.6) is 0 Å². The molecule has 0 saturated heterocycles. The Kier molecular flexibility index (Phi) is 7.51. The Hall–Kier alpha value is -1.85. The number of carbonyl (C=O) groups is 1. The summed E-state index contributed by atoms with van der Waals surface area (Å²) < 4.78 is 3.25. The highest BCUT2D eigenvalue weighted by Gasteiger charge is 2.16. The topological polar surface area (TPSA) is 24.2 Å². The van der Waals surface area contributed by atoms with Gasteiger partial charge in [-0.05, 0) is 40.5 Å². The van der Waals surface area contributed by atoms with Crippen LogP contribution in [0, 0.1) is 0 Å². The predicted molar refractivity (Wildman–Crippen MR) is 122 cm³/mol. The molecule has 3 nitrogen and oxygen atoms in total. The third-order valence-electron chi connectivity index (χ3n) is 4.83. The number of carbonyl (C=O) groups excluding carboxylic acids is 1. The molecule has 0 unspecified atom stereocenters. The number of fused-ring (bicyclic) bond motifs is 1. The van der Waals surface area contributed by atoms with Crippen LogP contribution in [0.2, 0.25) is 0 Å². The Morgan fingerprint density at radius 2 is 1.82 bits per heavy atom. The summed E-state index contributed by atoms with van der Waals surface area (Å²) in [6.07, 6.45) is 5.81. The van der Waals surface area contributed by atoms with Crippen LogP contribution in [0.1, 0.15) is 26.2 Å². The number of benzene rings is 2. The number of anilines is 1. The molecule has 0 spiro atoms. The fraction of sp³-hybridized carbons (Fsp3) is 0.304. The van der Waals surface area contributed by atoms with Crippen LogP contribution in [0.4, 0.5) is 5.69 Å². The Morgan fingerprint density at radius 3 is 2.61 bits per heavy atom. The number of hydrogen-bond acceptors (Lipinski definition) is 2. The summed E-state index contributed by atoms with van der Waals surface area (Å²) in [5, 5.41) is 1.21. The average Bonchev–Trinajstić information content (AvgIpc) is 2.72. The molecule has 0 N–H and O–H groups in total. The standard InChI is InChI=1S/C23H26BrN2OS/c1-3-4-9-15-26-16-14-22(18-10-5-7-12-20(18)26)28-17-23(27)25(2)21-13-8-6-11-19(21)24/h5-8,10-14,16H,3-4,9,15,17H2,1-2H3/q+1. The van der Waals surface area contributed by atoms with Gasteiger partial charge < -0.3 is 4.90 Å². The quantitative estimate of drug-likeness (QED) is 0.241. The first-order valence-corrected chi connectivity index (χ1v) is 11.4. The van der Waals surface area contributed by atoms with Crippen LogP contribution in [-0.4, -0.2) is 18.7 Å². The summed E-state index contributed by atoms with van der Waals surface area (Å²) in [6, 6.07) is 18.4. The second kappa shape index (κ2) is 10.1. The van der Waals surface area contributed by atoms with Crippen molar-refractivity contribution in [2.24, 2.45) is 0 Å². The maximum atomic E-state index is 12.7. The van der Waals surface area contributed by atoms with E-state index in [9.17, 15) is 4.79 Å². The molecule has 1 heterocycles. The van der Waals surface area contributed by atoms with Crippen molar-refractivity contribution in [2.75, 3.05) is 17.7 Å². The molecule has 1 amide bonds. The van der Waals surface area contributed by atoms with E-state index < -0.39 is 0 Å². The minimum Gasteiger partial charge on any atom is -0.314 e. The molecular weight excluding hydrogens is 432 g/mol. The zero-order chi connectivity index (χ0) is 19.9. The van der Waals surface area contributed by atoms with E-state index in [1.165, 1.54) is 30.2 Å². The molecule has 0 fully saturated rings. The molecule has 0 radical (unpaired) electrons. The Balaban J connectivity index is 1.75. The molecule has 3 aromatic rings. The van der Waals surface area contributed by atoms with Crippen molar-refractivity contribution in [1.29, 1.82) is 0 Å². The molecule has 0 bridgehead atoms. The van der Waals surface area contributed by atoms with Gasteiger partial charge in [0.25, 0.3) is 0 Å². The maximum absolute atomic E-state index is 12.7. The van der Waals surface area contributed by atoms with Crippen LogP contribution < -0.4 is 9.47 Å². The lowest BCUT2D eigenvalue weighted by Gasteiger charge is -2.18. The van der Waals surface area contributed by atoms with Crippen molar-refractivity contribution in [3.05, 3.63) is 65.3 Å². The predicted octanol–water partition coefficient (Wildman–Crippen LogP) is 5.84. The highest BCUT2D eigenvalue weighted by atomic mass is 79.9. The van der Waals surface area contributed by atoms with Crippen LogP contribution in [-0.2, 0) is 11.3 Å². The van der Waals surface area contributed by atoms with Gasteiger partial charge in [-0.15, -0.1) is 11.8 Å². The fourth-order valence-electron chi connectivity index (χ4n) is 3.21. The van der Waals surface area contributed by atoms with Gasteiger partial charge in [0.2, 0.25) is 11.4 Å². The highest BCUT2D eigenvalue weighted by molar-refractivity contribution is 9.10. The first kappa shape index (κ1) is 20.9. The number of rotatable bonds is 8. The molecule has 2 aromatic carbocycles. The third-order valence-corrected chi connectivity index (χ3v) is 6.56. The first-order chi connectivity index (χ1) is 13.6. The van der Waals surface area contributed by atoms with E-state index in [1.54, 1.807) is 16.7 Å². The molecule has 0 atom stereocenters. The zero-order valence-electron chi connectivity index (χ0n) is 16.4. The van der Waals surface area contributed by atoms with Gasteiger partial charge in [0.05, 0.1) is 16.8 Å². The van der Waals surface area contributed by atoms with Gasteiger partial charge in [-0.2, -0.15) is 4.57 Å². The summed E-state index contributed by atoms with van der Waals surface area (Å²) >= 11 is 5.13. The van der Waals surface area contributed by atoms with Crippen LogP contribution in [0.3, 0.4) is 0 Å². The van der Waals surface area contributed by atoms with Gasteiger partial charge in [-0.25, -0.2) is 0 Å². The monoisotopic (exact) mass is 457 g/mol. The lowest BCUT2D eigenvalue weighted by Crippen LogP contribution is -2.34. The molecular formula is C23H26BrN2OS+. The number of amides is 1. The largest absolute Gasteiger partial charge is 0.314 e. The van der Waals surface area contributed by atoms with Crippen molar-refractivity contribution in [2.45, 2.75) is 37.6 Å². The van der Waals surface area contributed by atoms with Gasteiger partial charge in [-0.1, -0.05) is 37.6 Å². The van der Waals surface area contributed by atoms with Crippen molar-refractivity contribution in [1.82, 2.24) is 0 Å². The van der Waals surface area contributed by atoms with Gasteiger partial charge >= 0.3 is 0 Å². The minimum absolute atomic E-state index is 0.0839. The van der Waals surface area contributed by atoms with Crippen molar-refractivity contribution < 1.29 is 9.36 Å². The van der Waals surface area contributed by atoms with Gasteiger partial charge in [0.1, 0.15) is 6.54 Å². The Bertz CT molecular complexity index is 960. The molecule has 3 rings (SSSR count). The number of thioether (sulfide) groups is 1. The third kappa shape index (κ3) is 4.95. The number of halogens is 1. The van der Waals surface area contributed by atoms with Crippen molar-refractivity contribution >= 4 is 50.2 Å². The Morgan fingerprint density at radius 1 is 1.07 bits per heavy atom. The lowest BCUT2D eigenvalue weighted by atomic mass is 10.2. The van der Waals surface area contributed by atoms with Gasteiger partial charge in [0, 0.05) is 35.0 Å². The molecule has 146 valence electrons. The molecule has 0 aliphatic rings. The number of hydrogen-bond donors (Lipinski definition) is 0. The SMILES string of the molecule is CCCCC[n+]1ccc(SCC(=O)N(C)c2ccccc2Br)c2ccccc21. The second-order valence-corrected chi connectivity index (χ2v) is 8.66. The van der Waals surface area contributed by atoms with E-state index in [0.29, 0.717) is 5.75 Å². The first-order valence-electron chi connectivity index (χ1n) is 9.67. The number of pyridine rings is 1. The lowest BCUT2D eigenvalue weighted by molar-refractivity contribution is -0.672. The van der Waals surface area contributed by atoms with E-state index >= 15 is 0 Å². The van der Waals surface area contributed by atoms with Gasteiger partial charge in [-0.3, -0.25) is 4.79 Å². The van der Waals surface area contributed by atoms with E-state index in [4.69, 9.17) is 0 Å². The normalized spacial score (nSPS) is 11.0. The van der Waals surface area contributed by atoms with Crippen LogP contribution in [0.25, 0.3) is 10.9 Å². The van der Waals surface area contributed by atoms with E-state index in [-0.39, 0.29) is 5.91 Å². The Labute approximate surface area is 179 Å². The smallest absolute Gasteiger partial charge is 0.237 e. The summed E-state index contributed by atoms with van der Waals surface area (Å²) in [6.45, 7) is 3.26. The number of aromatic nitrogens is 1. The molecule has 5 heteroatoms. The summed E-state index contributed by atoms with van der Waals surface area (Å²) in [7, 11) is 1.83. The van der Waals surface area contributed by atoms with Crippen LogP contribution in [0.15, 0.2) is 70.2 Å². The fourth-order valence-corrected chi connectivity index (χ4v) is 4.72. The van der Waals surface area contributed by atoms with Crippen molar-refractivity contribution in [3.63, 3.8) is 0 Å². The number of para-hydroxylation sites is 2. The molecule has 0 aliphatic carbocycles. The highest BCUT2D eigenvalue weighted by Crippen LogP contribution is 2.28.